The number of carbonyl (C=O) groups is 1. The number of ether oxygens (including phenoxy) is 1. The van der Waals surface area contributed by atoms with Gasteiger partial charge in [-0.15, -0.1) is 0 Å². The minimum absolute atomic E-state index is 0.0261. The van der Waals surface area contributed by atoms with E-state index in [0.717, 1.165) is 25.0 Å². The lowest BCUT2D eigenvalue weighted by Gasteiger charge is -2.31. The number of nitrogens with zero attached hydrogens (tertiary/aromatic N) is 1. The van der Waals surface area contributed by atoms with Crippen molar-refractivity contribution < 1.29 is 9.53 Å². The van der Waals surface area contributed by atoms with E-state index in [1.165, 1.54) is 0 Å². The third-order valence-electron chi connectivity index (χ3n) is 4.46. The molecule has 116 valence electrons. The highest BCUT2D eigenvalue weighted by Crippen LogP contribution is 2.31. The summed E-state index contributed by atoms with van der Waals surface area (Å²) in [5, 5.41) is 0.346. The molecular formula is C17H24ClNO2. The van der Waals surface area contributed by atoms with Gasteiger partial charge in [-0.2, -0.15) is 0 Å². The molecule has 21 heavy (non-hydrogen) atoms. The molecule has 1 fully saturated rings. The van der Waals surface area contributed by atoms with Gasteiger partial charge in [0.2, 0.25) is 0 Å². The van der Waals surface area contributed by atoms with Crippen LogP contribution >= 0.6 is 11.6 Å². The molecule has 0 N–H and O–H groups in total. The molecule has 1 aliphatic rings. The van der Waals surface area contributed by atoms with Crippen LogP contribution in [0.25, 0.3) is 0 Å². The average molecular weight is 310 g/mol. The summed E-state index contributed by atoms with van der Waals surface area (Å²) in [6, 6.07) is 3.37. The van der Waals surface area contributed by atoms with E-state index in [9.17, 15) is 4.79 Å². The van der Waals surface area contributed by atoms with Gasteiger partial charge in [0.25, 0.3) is 0 Å². The molecule has 1 aliphatic carbocycles. The maximum atomic E-state index is 12.3. The molecular weight excluding hydrogens is 286 g/mol. The standard InChI is InChI=1S/C17H24ClNO2/c1-10(2)15-8-13(9-16(18)19-15)17(20)21-14-6-5-11(3)12(4)7-14/h8-12,14H,5-7H2,1-4H3. The smallest absolute Gasteiger partial charge is 0.338 e. The Labute approximate surface area is 132 Å². The van der Waals surface area contributed by atoms with E-state index in [1.54, 1.807) is 12.1 Å². The molecule has 1 saturated carbocycles. The van der Waals surface area contributed by atoms with E-state index in [2.05, 4.69) is 18.8 Å². The fraction of sp³-hybridized carbons (Fsp3) is 0.647. The van der Waals surface area contributed by atoms with Gasteiger partial charge in [0, 0.05) is 5.69 Å². The van der Waals surface area contributed by atoms with Crippen LogP contribution in [0.1, 0.15) is 68.9 Å². The van der Waals surface area contributed by atoms with Gasteiger partial charge >= 0.3 is 5.97 Å². The molecule has 1 aromatic rings. The molecule has 0 aliphatic heterocycles. The van der Waals surface area contributed by atoms with Crippen molar-refractivity contribution in [1.29, 1.82) is 0 Å². The van der Waals surface area contributed by atoms with Crippen molar-refractivity contribution in [2.45, 2.75) is 59.0 Å². The SMILES string of the molecule is CC(C)c1cc(C(=O)OC2CCC(C)C(C)C2)cc(Cl)n1. The molecule has 0 amide bonds. The van der Waals surface area contributed by atoms with Crippen LogP contribution < -0.4 is 0 Å². The lowest BCUT2D eigenvalue weighted by molar-refractivity contribution is 0.00876. The summed E-state index contributed by atoms with van der Waals surface area (Å²) in [4.78, 5) is 16.6. The van der Waals surface area contributed by atoms with Crippen molar-refractivity contribution in [2.24, 2.45) is 11.8 Å². The Morgan fingerprint density at radius 2 is 2.00 bits per heavy atom. The largest absolute Gasteiger partial charge is 0.459 e. The first kappa shape index (κ1) is 16.3. The minimum atomic E-state index is -0.284. The molecule has 0 spiro atoms. The van der Waals surface area contributed by atoms with Crippen molar-refractivity contribution >= 4 is 17.6 Å². The fourth-order valence-electron chi connectivity index (χ4n) is 2.76. The second-order valence-corrected chi connectivity index (χ2v) is 6.94. The summed E-state index contributed by atoms with van der Waals surface area (Å²) in [5.41, 5.74) is 1.32. The maximum absolute atomic E-state index is 12.3. The van der Waals surface area contributed by atoms with E-state index in [0.29, 0.717) is 22.6 Å². The predicted molar refractivity (Wildman–Crippen MR) is 84.7 cm³/mol. The average Bonchev–Trinajstić information content (AvgIpc) is 2.42. The molecule has 0 aromatic carbocycles. The van der Waals surface area contributed by atoms with Gasteiger partial charge in [0.05, 0.1) is 5.56 Å². The van der Waals surface area contributed by atoms with Crippen molar-refractivity contribution in [3.05, 3.63) is 28.5 Å². The fourth-order valence-corrected chi connectivity index (χ4v) is 2.97. The second-order valence-electron chi connectivity index (χ2n) is 6.55. The Hall–Kier alpha value is -1.09. The van der Waals surface area contributed by atoms with Crippen molar-refractivity contribution in [1.82, 2.24) is 4.98 Å². The Bertz CT molecular complexity index is 516. The molecule has 3 nitrogen and oxygen atoms in total. The van der Waals surface area contributed by atoms with Gasteiger partial charge < -0.3 is 4.74 Å². The zero-order chi connectivity index (χ0) is 15.6. The Morgan fingerprint density at radius 1 is 1.29 bits per heavy atom. The first-order valence-corrected chi connectivity index (χ1v) is 8.13. The number of halogens is 1. The van der Waals surface area contributed by atoms with Gasteiger partial charge in [-0.25, -0.2) is 9.78 Å². The maximum Gasteiger partial charge on any atom is 0.338 e. The first-order chi connectivity index (χ1) is 9.86. The summed E-state index contributed by atoms with van der Waals surface area (Å²) in [6.45, 7) is 8.54. The van der Waals surface area contributed by atoms with Gasteiger partial charge in [-0.1, -0.05) is 39.3 Å². The Balaban J connectivity index is 2.07. The van der Waals surface area contributed by atoms with Crippen LogP contribution in [-0.2, 0) is 4.74 Å². The van der Waals surface area contributed by atoms with E-state index < -0.39 is 0 Å². The van der Waals surface area contributed by atoms with Crippen LogP contribution in [0, 0.1) is 11.8 Å². The van der Waals surface area contributed by atoms with E-state index >= 15 is 0 Å². The van der Waals surface area contributed by atoms with Crippen molar-refractivity contribution in [3.63, 3.8) is 0 Å². The van der Waals surface area contributed by atoms with Crippen molar-refractivity contribution in [3.8, 4) is 0 Å². The van der Waals surface area contributed by atoms with Gasteiger partial charge in [0.15, 0.2) is 0 Å². The summed E-state index contributed by atoms with van der Waals surface area (Å²) in [6.07, 6.45) is 3.04. The summed E-state index contributed by atoms with van der Waals surface area (Å²) < 4.78 is 5.66. The number of carbonyl (C=O) groups excluding carboxylic acids is 1. The third-order valence-corrected chi connectivity index (χ3v) is 4.66. The molecule has 0 bridgehead atoms. The monoisotopic (exact) mass is 309 g/mol. The summed E-state index contributed by atoms with van der Waals surface area (Å²) >= 11 is 6.00. The van der Waals surface area contributed by atoms with Crippen LogP contribution in [0.3, 0.4) is 0 Å². The first-order valence-electron chi connectivity index (χ1n) is 7.75. The van der Waals surface area contributed by atoms with Crippen molar-refractivity contribution in [2.75, 3.05) is 0 Å². The van der Waals surface area contributed by atoms with E-state index in [1.807, 2.05) is 13.8 Å². The Morgan fingerprint density at radius 3 is 2.62 bits per heavy atom. The quantitative estimate of drug-likeness (QED) is 0.592. The molecule has 0 saturated heterocycles. The Kier molecular flexibility index (Phi) is 5.26. The highest BCUT2D eigenvalue weighted by atomic mass is 35.5. The number of esters is 1. The minimum Gasteiger partial charge on any atom is -0.459 e. The molecule has 2 rings (SSSR count). The lowest BCUT2D eigenvalue weighted by atomic mass is 9.80. The van der Waals surface area contributed by atoms with Crippen LogP contribution in [0.15, 0.2) is 12.1 Å². The van der Waals surface area contributed by atoms with Crippen LogP contribution in [0.4, 0.5) is 0 Å². The van der Waals surface area contributed by atoms with Gasteiger partial charge in [-0.3, -0.25) is 0 Å². The zero-order valence-corrected chi connectivity index (χ0v) is 14.0. The number of pyridine rings is 1. The highest BCUT2D eigenvalue weighted by molar-refractivity contribution is 6.29. The summed E-state index contributed by atoms with van der Waals surface area (Å²) in [5.74, 6) is 1.26. The molecule has 3 unspecified atom stereocenters. The number of hydrogen-bond acceptors (Lipinski definition) is 3. The van der Waals surface area contributed by atoms with Crippen LogP contribution in [0.5, 0.6) is 0 Å². The zero-order valence-electron chi connectivity index (χ0n) is 13.2. The second kappa shape index (κ2) is 6.78. The van der Waals surface area contributed by atoms with Crippen LogP contribution in [0.2, 0.25) is 5.15 Å². The van der Waals surface area contributed by atoms with Gasteiger partial charge in [0.1, 0.15) is 11.3 Å². The molecule has 4 heteroatoms. The van der Waals surface area contributed by atoms with E-state index in [-0.39, 0.29) is 18.0 Å². The third kappa shape index (κ3) is 4.19. The molecule has 1 aromatic heterocycles. The summed E-state index contributed by atoms with van der Waals surface area (Å²) in [7, 11) is 0. The lowest BCUT2D eigenvalue weighted by Crippen LogP contribution is -2.28. The molecule has 0 radical (unpaired) electrons. The topological polar surface area (TPSA) is 39.2 Å². The number of rotatable bonds is 3. The van der Waals surface area contributed by atoms with Gasteiger partial charge in [-0.05, 0) is 49.1 Å². The molecule has 3 atom stereocenters. The highest BCUT2D eigenvalue weighted by Gasteiger charge is 2.27. The van der Waals surface area contributed by atoms with Crippen LogP contribution in [-0.4, -0.2) is 17.1 Å². The normalized spacial score (nSPS) is 25.9. The molecule has 1 heterocycles. The predicted octanol–water partition coefficient (Wildman–Crippen LogP) is 4.84. The number of aromatic nitrogens is 1. The van der Waals surface area contributed by atoms with E-state index in [4.69, 9.17) is 16.3 Å². The number of hydrogen-bond donors (Lipinski definition) is 0.